The number of carboxylic acids is 1. The van der Waals surface area contributed by atoms with Gasteiger partial charge in [0.2, 0.25) is 0 Å². The lowest BCUT2D eigenvalue weighted by Gasteiger charge is -2.14. The topological polar surface area (TPSA) is 78.4 Å². The molecule has 0 saturated heterocycles. The summed E-state index contributed by atoms with van der Waals surface area (Å²) in [5.41, 5.74) is 1.22. The number of rotatable bonds is 8. The highest BCUT2D eigenvalue weighted by atomic mass is 32.1. The monoisotopic (exact) mass is 298 g/mol. The van der Waals surface area contributed by atoms with Gasteiger partial charge >= 0.3 is 12.0 Å². The van der Waals surface area contributed by atoms with E-state index in [2.05, 4.69) is 16.0 Å². The molecule has 0 radical (unpaired) electrons. The van der Waals surface area contributed by atoms with E-state index < -0.39 is 5.97 Å². The van der Waals surface area contributed by atoms with Crippen LogP contribution in [0.15, 0.2) is 16.8 Å². The first-order chi connectivity index (χ1) is 9.49. The van der Waals surface area contributed by atoms with Gasteiger partial charge < -0.3 is 15.7 Å². The molecule has 112 valence electrons. The number of nitrogens with one attached hydrogen (secondary N) is 2. The first-order valence-electron chi connectivity index (χ1n) is 6.77. The molecular weight excluding hydrogens is 276 g/mol. The predicted octanol–water partition coefficient (Wildman–Crippen LogP) is 2.48. The van der Waals surface area contributed by atoms with Crippen molar-refractivity contribution in [1.29, 1.82) is 0 Å². The minimum absolute atomic E-state index is 0.0718. The van der Waals surface area contributed by atoms with Crippen LogP contribution < -0.4 is 10.6 Å². The zero-order valence-electron chi connectivity index (χ0n) is 11.9. The third-order valence-electron chi connectivity index (χ3n) is 3.02. The van der Waals surface area contributed by atoms with Crippen molar-refractivity contribution >= 4 is 23.3 Å². The highest BCUT2D eigenvalue weighted by Gasteiger charge is 2.11. The Hall–Kier alpha value is -1.56. The zero-order chi connectivity index (χ0) is 15.0. The molecule has 0 aliphatic heterocycles. The molecular formula is C14H22N2O3S. The zero-order valence-corrected chi connectivity index (χ0v) is 12.7. The summed E-state index contributed by atoms with van der Waals surface area (Å²) in [5, 5.41) is 18.4. The smallest absolute Gasteiger partial charge is 0.315 e. The SMILES string of the molecule is CC(Cc1ccsc1)NC(=O)NCCCC(C)C(=O)O. The first-order valence-corrected chi connectivity index (χ1v) is 7.71. The van der Waals surface area contributed by atoms with Crippen LogP contribution in [0.4, 0.5) is 4.79 Å². The Morgan fingerprint density at radius 3 is 2.75 bits per heavy atom. The third kappa shape index (κ3) is 6.56. The van der Waals surface area contributed by atoms with Crippen molar-refractivity contribution in [3.8, 4) is 0 Å². The number of urea groups is 1. The van der Waals surface area contributed by atoms with E-state index in [0.717, 1.165) is 6.42 Å². The summed E-state index contributed by atoms with van der Waals surface area (Å²) in [6, 6.07) is 1.92. The van der Waals surface area contributed by atoms with E-state index in [-0.39, 0.29) is 18.0 Å². The van der Waals surface area contributed by atoms with Crippen molar-refractivity contribution in [2.75, 3.05) is 6.54 Å². The maximum atomic E-state index is 11.6. The molecule has 2 unspecified atom stereocenters. The maximum Gasteiger partial charge on any atom is 0.315 e. The maximum absolute atomic E-state index is 11.6. The van der Waals surface area contributed by atoms with Crippen LogP contribution in [0.25, 0.3) is 0 Å². The first kappa shape index (κ1) is 16.5. The Kier molecular flexibility index (Phi) is 7.08. The molecule has 0 saturated carbocycles. The predicted molar refractivity (Wildman–Crippen MR) is 80.1 cm³/mol. The Balaban J connectivity index is 2.12. The molecule has 2 atom stereocenters. The van der Waals surface area contributed by atoms with Gasteiger partial charge in [-0.1, -0.05) is 6.92 Å². The molecule has 20 heavy (non-hydrogen) atoms. The second-order valence-electron chi connectivity index (χ2n) is 5.02. The summed E-state index contributed by atoms with van der Waals surface area (Å²) in [4.78, 5) is 22.2. The van der Waals surface area contributed by atoms with Gasteiger partial charge in [0.1, 0.15) is 0 Å². The summed E-state index contributed by atoms with van der Waals surface area (Å²) >= 11 is 1.65. The van der Waals surface area contributed by atoms with E-state index >= 15 is 0 Å². The number of thiophene rings is 1. The van der Waals surface area contributed by atoms with Gasteiger partial charge in [0.25, 0.3) is 0 Å². The average molecular weight is 298 g/mol. The molecule has 0 aliphatic carbocycles. The van der Waals surface area contributed by atoms with Crippen LogP contribution in [-0.2, 0) is 11.2 Å². The van der Waals surface area contributed by atoms with Gasteiger partial charge in [-0.2, -0.15) is 11.3 Å². The number of amides is 2. The Morgan fingerprint density at radius 1 is 1.40 bits per heavy atom. The molecule has 2 amide bonds. The van der Waals surface area contributed by atoms with Crippen LogP contribution >= 0.6 is 11.3 Å². The molecule has 1 rings (SSSR count). The molecule has 1 aromatic rings. The molecule has 0 spiro atoms. The number of hydrogen-bond acceptors (Lipinski definition) is 3. The van der Waals surface area contributed by atoms with Crippen molar-refractivity contribution in [3.05, 3.63) is 22.4 Å². The van der Waals surface area contributed by atoms with Crippen molar-refractivity contribution in [3.63, 3.8) is 0 Å². The largest absolute Gasteiger partial charge is 0.481 e. The van der Waals surface area contributed by atoms with Crippen LogP contribution in [0.5, 0.6) is 0 Å². The van der Waals surface area contributed by atoms with Crippen molar-refractivity contribution in [2.45, 2.75) is 39.2 Å². The Morgan fingerprint density at radius 2 is 2.15 bits per heavy atom. The van der Waals surface area contributed by atoms with Crippen LogP contribution in [0.3, 0.4) is 0 Å². The quantitative estimate of drug-likeness (QED) is 0.645. The van der Waals surface area contributed by atoms with Crippen LogP contribution in [0.1, 0.15) is 32.3 Å². The van der Waals surface area contributed by atoms with Crippen molar-refractivity contribution in [1.82, 2.24) is 10.6 Å². The molecule has 1 heterocycles. The number of carboxylic acid groups (broad SMARTS) is 1. The fourth-order valence-corrected chi connectivity index (χ4v) is 2.50. The van der Waals surface area contributed by atoms with Crippen molar-refractivity contribution < 1.29 is 14.7 Å². The summed E-state index contributed by atoms with van der Waals surface area (Å²) in [7, 11) is 0. The van der Waals surface area contributed by atoms with E-state index in [4.69, 9.17) is 5.11 Å². The summed E-state index contributed by atoms with van der Waals surface area (Å²) in [6.45, 7) is 4.13. The van der Waals surface area contributed by atoms with Crippen molar-refractivity contribution in [2.24, 2.45) is 5.92 Å². The molecule has 0 bridgehead atoms. The summed E-state index contributed by atoms with van der Waals surface area (Å²) in [5.74, 6) is -1.16. The average Bonchev–Trinajstić information content (AvgIpc) is 2.86. The van der Waals surface area contributed by atoms with Crippen LogP contribution in [0, 0.1) is 5.92 Å². The van der Waals surface area contributed by atoms with E-state index in [0.29, 0.717) is 19.4 Å². The van der Waals surface area contributed by atoms with Gasteiger partial charge in [0.15, 0.2) is 0 Å². The van der Waals surface area contributed by atoms with Gasteiger partial charge in [-0.15, -0.1) is 0 Å². The minimum Gasteiger partial charge on any atom is -0.481 e. The lowest BCUT2D eigenvalue weighted by atomic mass is 10.1. The van der Waals surface area contributed by atoms with Gasteiger partial charge in [-0.05, 0) is 48.6 Å². The highest BCUT2D eigenvalue weighted by Crippen LogP contribution is 2.08. The van der Waals surface area contributed by atoms with E-state index in [1.165, 1.54) is 5.56 Å². The van der Waals surface area contributed by atoms with E-state index in [1.807, 2.05) is 18.4 Å². The van der Waals surface area contributed by atoms with E-state index in [9.17, 15) is 9.59 Å². The van der Waals surface area contributed by atoms with Crippen LogP contribution in [0.2, 0.25) is 0 Å². The third-order valence-corrected chi connectivity index (χ3v) is 3.75. The number of hydrogen-bond donors (Lipinski definition) is 3. The molecule has 5 nitrogen and oxygen atoms in total. The lowest BCUT2D eigenvalue weighted by molar-refractivity contribution is -0.141. The van der Waals surface area contributed by atoms with Gasteiger partial charge in [-0.25, -0.2) is 4.79 Å². The lowest BCUT2D eigenvalue weighted by Crippen LogP contribution is -2.42. The van der Waals surface area contributed by atoms with Gasteiger partial charge in [-0.3, -0.25) is 4.79 Å². The number of aliphatic carboxylic acids is 1. The second kappa shape index (κ2) is 8.58. The molecule has 1 aromatic heterocycles. The second-order valence-corrected chi connectivity index (χ2v) is 5.80. The Bertz CT molecular complexity index is 420. The van der Waals surface area contributed by atoms with Gasteiger partial charge in [0, 0.05) is 12.6 Å². The van der Waals surface area contributed by atoms with Crippen LogP contribution in [-0.4, -0.2) is 29.7 Å². The number of carbonyl (C=O) groups excluding carboxylic acids is 1. The Labute approximate surface area is 123 Å². The standard InChI is InChI=1S/C14H22N2O3S/c1-10(13(17)18)4-3-6-15-14(19)16-11(2)8-12-5-7-20-9-12/h5,7,9-11H,3-4,6,8H2,1-2H3,(H,17,18)(H2,15,16,19). The molecule has 0 fully saturated rings. The molecule has 0 aliphatic rings. The fraction of sp³-hybridized carbons (Fsp3) is 0.571. The molecule has 0 aromatic carbocycles. The molecule has 6 heteroatoms. The normalized spacial score (nSPS) is 13.5. The van der Waals surface area contributed by atoms with Gasteiger partial charge in [0.05, 0.1) is 5.92 Å². The fourth-order valence-electron chi connectivity index (χ4n) is 1.82. The van der Waals surface area contributed by atoms with E-state index in [1.54, 1.807) is 18.3 Å². The summed E-state index contributed by atoms with van der Waals surface area (Å²) < 4.78 is 0. The minimum atomic E-state index is -0.793. The highest BCUT2D eigenvalue weighted by molar-refractivity contribution is 7.07. The molecule has 3 N–H and O–H groups in total. The summed E-state index contributed by atoms with van der Waals surface area (Å²) in [6.07, 6.45) is 2.05. The number of carbonyl (C=O) groups is 2.